The van der Waals surface area contributed by atoms with Crippen LogP contribution in [0.2, 0.25) is 0 Å². The summed E-state index contributed by atoms with van der Waals surface area (Å²) in [6, 6.07) is 3.55. The number of halogens is 1. The second kappa shape index (κ2) is 60.5. The number of rotatable bonds is 55. The van der Waals surface area contributed by atoms with Gasteiger partial charge in [0.2, 0.25) is 34.9 Å². The Morgan fingerprint density at radius 3 is 2.14 bits per heavy atom. The number of nitrogens with zero attached hydrogens (tertiary/aromatic N) is 4. The lowest BCUT2D eigenvalue weighted by Gasteiger charge is -2.47. The first-order valence-electron chi connectivity index (χ1n) is 47.1. The molecule has 802 valence electrons. The number of ether oxygens (including phenoxy) is 16. The standard InChI is InChI=1S/C96H136IN9O32S5.CH4/c1-17-105(70(113)49-98-93(119)132-50-58-28-30-59(31-29-58)99-87(117)54(4)45-64(110)76(53(2)3)100-69(112)27-24-36-106-89(140-16)88(139-15)102-104-106)62-51-130-71(47-67(62)122-10)136-85-80(115)77(103-138-72-46-63(109)68(52-131-72)142-90(118)73-55(5)75(97)83(86(125-13)82(73)123-11)137-91-81(116)84(124-12)79(114)57(7)134-91)56(6)133-92(85)135-66-26-20-18-19-22-34-96(121)48-65(111)78(101-94(120)126-14)74(66)61(96)33-44-141-143-95(8,9)35-32-60(108)25-21-23-38-127-40-42-129-43-41-128-39-37-107;/h18-19,28-31,33,53-54,56-57,62-63,66-68,71-72,76-77,79-81,84-85,91-92,103,107,109,114-116,121H,17,21,23-25,27,32,35-52H2,1-16H3,(H,98,119)(H,99,117)(H,100,112)(H,101,120);1H4/b19-18-,61-33?;/t54-,56?,57?,62?,63?,66+,67?,68?,71?,72?,76+,77?,79?,80?,81?,84?,85?,91?,92?,96+;/m1./s1. The van der Waals surface area contributed by atoms with E-state index in [2.05, 4.69) is 60.7 Å². The number of unbranched alkanes of at least 4 members (excludes halogenated alkanes) is 1. The number of hydroxylamine groups is 1. The quantitative estimate of drug-likeness (QED) is 0.00639. The monoisotopic (exact) mass is 2230 g/mol. The summed E-state index contributed by atoms with van der Waals surface area (Å²) in [6.07, 6.45) is -10.3. The summed E-state index contributed by atoms with van der Waals surface area (Å²) < 4.78 is 96.8. The number of anilines is 1. The summed E-state index contributed by atoms with van der Waals surface area (Å²) >= 11 is 5.74. The smallest absolute Gasteiger partial charge is 0.411 e. The molecular weight excluding hydrogens is 2090 g/mol. The van der Waals surface area contributed by atoms with Crippen molar-refractivity contribution in [3.8, 4) is 40.9 Å². The number of alkyl carbamates (subject to hydrolysis) is 2. The third-order valence-electron chi connectivity index (χ3n) is 24.2. The van der Waals surface area contributed by atoms with E-state index < -0.39 is 174 Å². The summed E-state index contributed by atoms with van der Waals surface area (Å²) in [5, 5.41) is 87.8. The Balaban J connectivity index is 0.0000253. The number of Topliss-reactive ketones (excluding diaryl/α,β-unsaturated/α-hetero) is 3. The minimum absolute atomic E-state index is 0. The SMILES string of the molecule is C.CCN(C(=O)CNC(=O)OCc1ccc(NC(=O)[C@H](C)CC(=O)[C@@H](NC(=O)CCCn2nnc(SC)c2SC)C(C)C)cc1)C1COC(OC2C(O[C@H]3C#C/C=C\C#C[C@]4(O)CC(=O)C(NC(=O)OC)=C3C4=CCSSC(C)(C)CCC(=O)CCCCOCCOCCOCCO)OC(C)C(NOC3CC(O)C(SC(=O)c4c(C)c(I)c(OC5OC(C)C(O)C(OC)C5O)c(OC)c4OC)CO3)C2O)CC1OC. The van der Waals surface area contributed by atoms with Gasteiger partial charge >= 0.3 is 12.2 Å². The molecule has 5 amide bonds. The number of carbonyl (C=O) groups is 9. The van der Waals surface area contributed by atoms with E-state index >= 15 is 0 Å². The van der Waals surface area contributed by atoms with Crippen LogP contribution in [0.15, 0.2) is 69.4 Å². The van der Waals surface area contributed by atoms with Gasteiger partial charge < -0.3 is 127 Å². The van der Waals surface area contributed by atoms with Gasteiger partial charge in [-0.25, -0.2) is 14.3 Å². The second-order valence-electron chi connectivity index (χ2n) is 35.3. The first-order valence-corrected chi connectivity index (χ1v) is 53.8. The number of nitrogens with one attached hydrogen (secondary N) is 5. The zero-order valence-electron chi connectivity index (χ0n) is 83.3. The van der Waals surface area contributed by atoms with Crippen molar-refractivity contribution < 1.29 is 154 Å². The minimum Gasteiger partial charge on any atom is -0.492 e. The molecule has 6 aliphatic rings. The van der Waals surface area contributed by atoms with E-state index in [1.54, 1.807) is 69.6 Å². The fraction of sp³-hybridized carbons (Fsp3) is 0.660. The van der Waals surface area contributed by atoms with Gasteiger partial charge in [0, 0.05) is 106 Å². The maximum absolute atomic E-state index is 14.7. The van der Waals surface area contributed by atoms with Crippen LogP contribution >= 0.6 is 79.5 Å². The number of benzene rings is 2. The second-order valence-corrected chi connectivity index (χ2v) is 42.2. The number of hydrogen-bond acceptors (Lipinski definition) is 40. The number of thioether (sulfide) groups is 3. The predicted octanol–water partition coefficient (Wildman–Crippen LogP) is 7.86. The summed E-state index contributed by atoms with van der Waals surface area (Å²) in [7, 11) is 9.38. The van der Waals surface area contributed by atoms with E-state index in [0.29, 0.717) is 98.5 Å². The molecule has 4 fully saturated rings. The number of likely N-dealkylation sites (N-methyl/N-ethyl adjacent to an activating group) is 1. The number of methoxy groups -OCH3 is 5. The summed E-state index contributed by atoms with van der Waals surface area (Å²) in [4.78, 5) is 131. The van der Waals surface area contributed by atoms with Crippen LogP contribution in [0.5, 0.6) is 17.2 Å². The Morgan fingerprint density at radius 2 is 1.48 bits per heavy atom. The zero-order valence-corrected chi connectivity index (χ0v) is 89.5. The average Bonchev–Trinajstić information content (AvgIpc) is 0.841. The first-order chi connectivity index (χ1) is 68.4. The molecule has 16 unspecified atom stereocenters. The van der Waals surface area contributed by atoms with E-state index in [1.807, 2.05) is 62.8 Å². The molecule has 2 bridgehead atoms. The highest BCUT2D eigenvalue weighted by Gasteiger charge is 2.53. The lowest BCUT2D eigenvalue weighted by molar-refractivity contribution is -0.336. The number of amides is 5. The van der Waals surface area contributed by atoms with E-state index in [0.717, 1.165) is 28.9 Å². The highest BCUT2D eigenvalue weighted by molar-refractivity contribution is 14.1. The molecule has 20 atom stereocenters. The molecule has 11 N–H and O–H groups in total. The van der Waals surface area contributed by atoms with Crippen molar-refractivity contribution in [2.24, 2.45) is 11.8 Å². The molecular formula is C97H140IN9O32S5. The molecule has 4 aliphatic heterocycles. The molecule has 144 heavy (non-hydrogen) atoms. The molecule has 0 spiro atoms. The van der Waals surface area contributed by atoms with Crippen molar-refractivity contribution in [3.63, 3.8) is 0 Å². The maximum atomic E-state index is 14.7. The topological polar surface area (TPSA) is 526 Å². The van der Waals surface area contributed by atoms with Crippen LogP contribution in [0.1, 0.15) is 155 Å². The summed E-state index contributed by atoms with van der Waals surface area (Å²) in [5.41, 5.74) is 1.50. The number of ketones is 3. The Bertz CT molecular complexity index is 4980. The highest BCUT2D eigenvalue weighted by Crippen LogP contribution is 2.50. The van der Waals surface area contributed by atoms with Crippen molar-refractivity contribution in [3.05, 3.63) is 79.6 Å². The third kappa shape index (κ3) is 34.6. The highest BCUT2D eigenvalue weighted by atomic mass is 127. The number of fused-ring (bicyclic) bond motifs is 2. The van der Waals surface area contributed by atoms with Crippen molar-refractivity contribution in [1.29, 1.82) is 0 Å². The molecule has 0 saturated carbocycles. The van der Waals surface area contributed by atoms with Crippen molar-refractivity contribution in [2.75, 3.05) is 132 Å². The van der Waals surface area contributed by atoms with Gasteiger partial charge in [-0.15, -0.1) is 28.6 Å². The van der Waals surface area contributed by atoms with Crippen LogP contribution in [0, 0.1) is 46.0 Å². The summed E-state index contributed by atoms with van der Waals surface area (Å²) in [5.74, 6) is 8.43. The first kappa shape index (κ1) is 122. The number of hydrogen-bond donors (Lipinski definition) is 11. The van der Waals surface area contributed by atoms with E-state index in [-0.39, 0.29) is 141 Å². The number of allylic oxidation sites excluding steroid dienone is 3. The Kier molecular flexibility index (Phi) is 51.2. The largest absolute Gasteiger partial charge is 0.492 e. The maximum Gasteiger partial charge on any atom is 0.411 e. The van der Waals surface area contributed by atoms with Crippen LogP contribution in [-0.4, -0.2) is 349 Å². The molecule has 41 nitrogen and oxygen atoms in total. The van der Waals surface area contributed by atoms with Gasteiger partial charge in [-0.2, -0.15) is 5.48 Å². The fourth-order valence-electron chi connectivity index (χ4n) is 16.4. The van der Waals surface area contributed by atoms with Gasteiger partial charge in [-0.1, -0.05) is 109 Å². The number of aliphatic hydroxyl groups excluding tert-OH is 5. The van der Waals surface area contributed by atoms with Gasteiger partial charge in [-0.3, -0.25) is 43.7 Å². The Hall–Kier alpha value is -7.33. The molecule has 9 rings (SSSR count). The Morgan fingerprint density at radius 1 is 0.785 bits per heavy atom. The van der Waals surface area contributed by atoms with E-state index in [9.17, 15) is 68.7 Å². The summed E-state index contributed by atoms with van der Waals surface area (Å²) in [6.45, 7) is 17.3. The molecule has 5 heterocycles. The fourth-order valence-corrected chi connectivity index (χ4v) is 21.9. The molecule has 2 aliphatic carbocycles. The average molecular weight is 2230 g/mol. The number of aryl methyl sites for hydroxylation is 1. The van der Waals surface area contributed by atoms with Crippen LogP contribution < -0.4 is 41.0 Å². The van der Waals surface area contributed by atoms with E-state index in [1.165, 1.54) is 90.6 Å². The van der Waals surface area contributed by atoms with Gasteiger partial charge in [0.05, 0.1) is 143 Å². The van der Waals surface area contributed by atoms with Gasteiger partial charge in [0.1, 0.15) is 60.6 Å². The molecule has 1 aromatic heterocycles. The third-order valence-corrected chi connectivity index (χ3v) is 31.5. The van der Waals surface area contributed by atoms with Crippen LogP contribution in [0.25, 0.3) is 0 Å². The number of carbonyl (C=O) groups excluding carboxylic acids is 9. The van der Waals surface area contributed by atoms with Crippen molar-refractivity contribution >= 4 is 138 Å². The lowest BCUT2D eigenvalue weighted by Crippen LogP contribution is -2.65. The van der Waals surface area contributed by atoms with Crippen molar-refractivity contribution in [1.82, 2.24) is 41.3 Å². The lowest BCUT2D eigenvalue weighted by atomic mass is 9.75. The van der Waals surface area contributed by atoms with Crippen LogP contribution in [0.4, 0.5) is 15.3 Å². The predicted molar refractivity (Wildman–Crippen MR) is 545 cm³/mol. The minimum atomic E-state index is -2.25. The Labute approximate surface area is 874 Å². The van der Waals surface area contributed by atoms with Gasteiger partial charge in [-0.05, 0) is 144 Å². The van der Waals surface area contributed by atoms with Gasteiger partial charge in [0.25, 0.3) is 0 Å². The molecule has 3 aromatic rings. The molecule has 4 saturated heterocycles. The van der Waals surface area contributed by atoms with Gasteiger partial charge in [0.15, 0.2) is 52.6 Å². The van der Waals surface area contributed by atoms with Crippen molar-refractivity contribution in [2.45, 2.75) is 283 Å². The number of aromatic nitrogens is 3. The molecule has 2 aromatic carbocycles. The molecule has 47 heteroatoms. The normalized spacial score (nSPS) is 25.7. The molecule has 0 radical (unpaired) electrons. The zero-order chi connectivity index (χ0) is 104. The van der Waals surface area contributed by atoms with Crippen LogP contribution in [0.3, 0.4) is 0 Å². The van der Waals surface area contributed by atoms with E-state index in [4.69, 9.17) is 85.7 Å². The number of aliphatic hydroxyl groups is 6. The van der Waals surface area contributed by atoms with Crippen LogP contribution in [-0.2, 0) is 108 Å².